The van der Waals surface area contributed by atoms with Crippen LogP contribution in [-0.4, -0.2) is 20.0 Å². The maximum atomic E-state index is 11.0. The first-order chi connectivity index (χ1) is 4.59. The fourth-order valence-electron chi connectivity index (χ4n) is 0.654. The first-order valence-electron chi connectivity index (χ1n) is 2.77. The summed E-state index contributed by atoms with van der Waals surface area (Å²) in [7, 11) is -3.23. The number of aliphatic imine (C=N–C) groups is 1. The smallest absolute Gasteiger partial charge is 0.218 e. The second kappa shape index (κ2) is 2.17. The van der Waals surface area contributed by atoms with Crippen LogP contribution in [0.15, 0.2) is 16.1 Å². The molecule has 0 spiro atoms. The molecule has 1 aliphatic rings. The van der Waals surface area contributed by atoms with Crippen molar-refractivity contribution in [2.75, 3.05) is 6.54 Å². The standard InChI is InChI=1S/C5H8N2O2S/c1-4-7-3-5(2-6)10(4,8)9/h3H,2,6H2,1H3. The van der Waals surface area contributed by atoms with Gasteiger partial charge >= 0.3 is 0 Å². The van der Waals surface area contributed by atoms with Crippen LogP contribution >= 0.6 is 0 Å². The zero-order valence-electron chi connectivity index (χ0n) is 5.53. The fourth-order valence-corrected chi connectivity index (χ4v) is 1.64. The van der Waals surface area contributed by atoms with Gasteiger partial charge < -0.3 is 5.73 Å². The van der Waals surface area contributed by atoms with Gasteiger partial charge in [-0.3, -0.25) is 0 Å². The van der Waals surface area contributed by atoms with Gasteiger partial charge in [0.25, 0.3) is 0 Å². The number of rotatable bonds is 1. The van der Waals surface area contributed by atoms with Crippen LogP contribution in [0.2, 0.25) is 0 Å². The molecule has 0 aromatic heterocycles. The molecule has 1 aliphatic heterocycles. The number of hydrogen-bond donors (Lipinski definition) is 1. The Morgan fingerprint density at radius 1 is 1.70 bits per heavy atom. The van der Waals surface area contributed by atoms with Gasteiger partial charge in [0.1, 0.15) is 5.04 Å². The summed E-state index contributed by atoms with van der Waals surface area (Å²) < 4.78 is 22.1. The van der Waals surface area contributed by atoms with Gasteiger partial charge in [-0.1, -0.05) is 0 Å². The summed E-state index contributed by atoms with van der Waals surface area (Å²) >= 11 is 0. The molecule has 0 aromatic carbocycles. The van der Waals surface area contributed by atoms with E-state index in [4.69, 9.17) is 5.73 Å². The number of hydrogen-bond acceptors (Lipinski definition) is 4. The van der Waals surface area contributed by atoms with Crippen LogP contribution < -0.4 is 5.73 Å². The molecule has 1 heterocycles. The first kappa shape index (κ1) is 7.43. The third kappa shape index (κ3) is 0.871. The van der Waals surface area contributed by atoms with Gasteiger partial charge in [-0.2, -0.15) is 0 Å². The van der Waals surface area contributed by atoms with Crippen LogP contribution in [-0.2, 0) is 9.84 Å². The topological polar surface area (TPSA) is 72.5 Å². The Morgan fingerprint density at radius 3 is 2.50 bits per heavy atom. The molecule has 0 atom stereocenters. The molecule has 0 bridgehead atoms. The van der Waals surface area contributed by atoms with E-state index in [2.05, 4.69) is 4.99 Å². The van der Waals surface area contributed by atoms with Gasteiger partial charge in [-0.25, -0.2) is 13.4 Å². The van der Waals surface area contributed by atoms with Crippen molar-refractivity contribution in [1.29, 1.82) is 0 Å². The van der Waals surface area contributed by atoms with Crippen LogP contribution in [0.3, 0.4) is 0 Å². The fraction of sp³-hybridized carbons (Fsp3) is 0.400. The molecule has 0 aromatic rings. The van der Waals surface area contributed by atoms with E-state index < -0.39 is 9.84 Å². The van der Waals surface area contributed by atoms with Crippen LogP contribution in [0.4, 0.5) is 0 Å². The summed E-state index contributed by atoms with van der Waals surface area (Å²) in [5, 5.41) is 0.132. The minimum atomic E-state index is -3.23. The Hall–Kier alpha value is -0.680. The maximum Gasteiger partial charge on any atom is 0.218 e. The molecular weight excluding hydrogens is 152 g/mol. The lowest BCUT2D eigenvalue weighted by Gasteiger charge is -1.95. The summed E-state index contributed by atoms with van der Waals surface area (Å²) in [5.41, 5.74) is 5.15. The first-order valence-corrected chi connectivity index (χ1v) is 4.26. The van der Waals surface area contributed by atoms with Crippen molar-refractivity contribution in [1.82, 2.24) is 0 Å². The number of sulfone groups is 1. The quantitative estimate of drug-likeness (QED) is 0.569. The molecule has 5 heteroatoms. The van der Waals surface area contributed by atoms with Crippen molar-refractivity contribution >= 4 is 14.9 Å². The van der Waals surface area contributed by atoms with E-state index in [1.54, 1.807) is 0 Å². The van der Waals surface area contributed by atoms with Crippen LogP contribution in [0.5, 0.6) is 0 Å². The molecule has 0 saturated carbocycles. The second-order valence-corrected chi connectivity index (χ2v) is 4.07. The van der Waals surface area contributed by atoms with Crippen molar-refractivity contribution in [3.8, 4) is 0 Å². The number of nitrogens with two attached hydrogens (primary N) is 1. The largest absolute Gasteiger partial charge is 0.326 e. The lowest BCUT2D eigenvalue weighted by atomic mass is 10.6. The minimum Gasteiger partial charge on any atom is -0.326 e. The third-order valence-corrected chi connectivity index (χ3v) is 3.17. The molecule has 0 aliphatic carbocycles. The summed E-state index contributed by atoms with van der Waals surface area (Å²) in [6.07, 6.45) is 1.30. The molecule has 56 valence electrons. The van der Waals surface area contributed by atoms with E-state index in [-0.39, 0.29) is 16.5 Å². The van der Waals surface area contributed by atoms with Crippen LogP contribution in [0.25, 0.3) is 0 Å². The lowest BCUT2D eigenvalue weighted by Crippen LogP contribution is -2.15. The summed E-state index contributed by atoms with van der Waals surface area (Å²) in [6, 6.07) is 0. The Kier molecular flexibility index (Phi) is 1.61. The molecular formula is C5H8N2O2S. The van der Waals surface area contributed by atoms with Gasteiger partial charge in [0, 0.05) is 12.7 Å². The zero-order chi connectivity index (χ0) is 7.78. The van der Waals surface area contributed by atoms with Gasteiger partial charge in [-0.15, -0.1) is 0 Å². The van der Waals surface area contributed by atoms with Crippen molar-refractivity contribution in [3.63, 3.8) is 0 Å². The highest BCUT2D eigenvalue weighted by atomic mass is 32.2. The lowest BCUT2D eigenvalue weighted by molar-refractivity contribution is 0.612. The molecule has 1 rings (SSSR count). The van der Waals surface area contributed by atoms with E-state index >= 15 is 0 Å². The SMILES string of the molecule is CC1=NC=C(CN)S1(=O)=O. The third-order valence-electron chi connectivity index (χ3n) is 1.33. The number of nitrogens with zero attached hydrogens (tertiary/aromatic N) is 1. The summed E-state index contributed by atoms with van der Waals surface area (Å²) in [6.45, 7) is 1.48. The monoisotopic (exact) mass is 160 g/mol. The Morgan fingerprint density at radius 2 is 2.30 bits per heavy atom. The van der Waals surface area contributed by atoms with Crippen LogP contribution in [0.1, 0.15) is 6.92 Å². The average Bonchev–Trinajstić information content (AvgIpc) is 2.10. The minimum absolute atomic E-state index is 0.0309. The van der Waals surface area contributed by atoms with Gasteiger partial charge in [0.15, 0.2) is 0 Å². The summed E-state index contributed by atoms with van der Waals surface area (Å²) in [5.74, 6) is 0. The molecule has 0 amide bonds. The highest BCUT2D eigenvalue weighted by molar-refractivity contribution is 8.09. The molecule has 10 heavy (non-hydrogen) atoms. The Labute approximate surface area is 59.4 Å². The van der Waals surface area contributed by atoms with E-state index in [9.17, 15) is 8.42 Å². The van der Waals surface area contributed by atoms with Gasteiger partial charge in [-0.05, 0) is 6.92 Å². The van der Waals surface area contributed by atoms with E-state index in [0.717, 1.165) is 0 Å². The highest BCUT2D eigenvalue weighted by Gasteiger charge is 2.24. The Bertz CT molecular complexity index is 300. The zero-order valence-corrected chi connectivity index (χ0v) is 6.35. The Balaban J connectivity index is 3.14. The van der Waals surface area contributed by atoms with Crippen molar-refractivity contribution in [3.05, 3.63) is 11.1 Å². The van der Waals surface area contributed by atoms with E-state index in [1.807, 2.05) is 0 Å². The molecule has 0 unspecified atom stereocenters. The molecule has 4 nitrogen and oxygen atoms in total. The summed E-state index contributed by atoms with van der Waals surface area (Å²) in [4.78, 5) is 3.83. The highest BCUT2D eigenvalue weighted by Crippen LogP contribution is 2.14. The van der Waals surface area contributed by atoms with Crippen molar-refractivity contribution < 1.29 is 8.42 Å². The van der Waals surface area contributed by atoms with Crippen molar-refractivity contribution in [2.24, 2.45) is 10.7 Å². The molecule has 2 N–H and O–H groups in total. The molecule has 0 radical (unpaired) electrons. The normalized spacial score (nSPS) is 22.2. The molecule has 0 fully saturated rings. The predicted octanol–water partition coefficient (Wildman–Crippen LogP) is -0.367. The van der Waals surface area contributed by atoms with Crippen LogP contribution in [0, 0.1) is 0 Å². The molecule has 0 saturated heterocycles. The maximum absolute atomic E-state index is 11.0. The average molecular weight is 160 g/mol. The van der Waals surface area contributed by atoms with E-state index in [0.29, 0.717) is 0 Å². The predicted molar refractivity (Wildman–Crippen MR) is 39.2 cm³/mol. The second-order valence-electron chi connectivity index (χ2n) is 1.95. The van der Waals surface area contributed by atoms with Crippen molar-refractivity contribution in [2.45, 2.75) is 6.92 Å². The van der Waals surface area contributed by atoms with E-state index in [1.165, 1.54) is 13.1 Å². The van der Waals surface area contributed by atoms with Gasteiger partial charge in [0.05, 0.1) is 4.91 Å². The van der Waals surface area contributed by atoms with Gasteiger partial charge in [0.2, 0.25) is 9.84 Å².